The molecule has 0 saturated carbocycles. The summed E-state index contributed by atoms with van der Waals surface area (Å²) in [7, 11) is 2.28. The fraction of sp³-hybridized carbons (Fsp3) is 0.211. The van der Waals surface area contributed by atoms with Crippen molar-refractivity contribution in [2.24, 2.45) is 0 Å². The van der Waals surface area contributed by atoms with Gasteiger partial charge >= 0.3 is 18.1 Å². The van der Waals surface area contributed by atoms with Gasteiger partial charge in [-0.2, -0.15) is 13.2 Å². The first-order chi connectivity index (χ1) is 14.0. The van der Waals surface area contributed by atoms with Gasteiger partial charge in [0.05, 0.1) is 35.9 Å². The number of carbonyl (C=O) groups is 3. The summed E-state index contributed by atoms with van der Waals surface area (Å²) in [5.41, 5.74) is -1.29. The number of hydrogen-bond acceptors (Lipinski definition) is 6. The Morgan fingerprint density at radius 2 is 1.53 bits per heavy atom. The lowest BCUT2D eigenvalue weighted by atomic mass is 10.1. The van der Waals surface area contributed by atoms with Crippen molar-refractivity contribution in [2.75, 3.05) is 26.1 Å². The van der Waals surface area contributed by atoms with Crippen LogP contribution in [-0.4, -0.2) is 38.7 Å². The highest BCUT2D eigenvalue weighted by Gasteiger charge is 2.33. The van der Waals surface area contributed by atoms with E-state index in [0.717, 1.165) is 20.3 Å². The van der Waals surface area contributed by atoms with Crippen LogP contribution >= 0.6 is 11.6 Å². The van der Waals surface area contributed by atoms with E-state index in [2.05, 4.69) is 14.8 Å². The molecule has 0 saturated heterocycles. The molecule has 0 fully saturated rings. The van der Waals surface area contributed by atoms with Crippen LogP contribution in [0.4, 0.5) is 18.9 Å². The van der Waals surface area contributed by atoms with Gasteiger partial charge < -0.3 is 19.5 Å². The Hall–Kier alpha value is -3.27. The average Bonchev–Trinajstić information content (AvgIpc) is 2.71. The number of alkyl halides is 3. The van der Waals surface area contributed by atoms with Crippen LogP contribution < -0.4 is 10.1 Å². The van der Waals surface area contributed by atoms with E-state index in [9.17, 15) is 27.6 Å². The van der Waals surface area contributed by atoms with Crippen LogP contribution in [0.3, 0.4) is 0 Å². The maximum atomic E-state index is 12.9. The molecular formula is C19H15ClF3NO6. The molecule has 0 aliphatic heterocycles. The molecule has 7 nitrogen and oxygen atoms in total. The van der Waals surface area contributed by atoms with Crippen LogP contribution in [0, 0.1) is 0 Å². The molecule has 0 spiro atoms. The number of halogens is 4. The van der Waals surface area contributed by atoms with Crippen molar-refractivity contribution in [1.82, 2.24) is 0 Å². The normalized spacial score (nSPS) is 10.9. The number of methoxy groups -OCH3 is 2. The van der Waals surface area contributed by atoms with E-state index in [1.165, 1.54) is 24.3 Å². The molecule has 11 heteroatoms. The summed E-state index contributed by atoms with van der Waals surface area (Å²) in [5, 5.41) is 1.74. The van der Waals surface area contributed by atoms with E-state index in [1.54, 1.807) is 0 Å². The number of amides is 1. The third-order valence-corrected chi connectivity index (χ3v) is 4.00. The molecule has 2 rings (SSSR count). The van der Waals surface area contributed by atoms with Crippen LogP contribution in [0.15, 0.2) is 36.4 Å². The molecule has 0 aromatic heterocycles. The van der Waals surface area contributed by atoms with Gasteiger partial charge in [0, 0.05) is 5.69 Å². The maximum Gasteiger partial charge on any atom is 0.417 e. The van der Waals surface area contributed by atoms with Gasteiger partial charge in [-0.15, -0.1) is 0 Å². The molecule has 0 unspecified atom stereocenters. The van der Waals surface area contributed by atoms with E-state index in [-0.39, 0.29) is 22.6 Å². The molecular weight excluding hydrogens is 431 g/mol. The Labute approximate surface area is 173 Å². The highest BCUT2D eigenvalue weighted by Crippen LogP contribution is 2.36. The fourth-order valence-corrected chi connectivity index (χ4v) is 2.54. The van der Waals surface area contributed by atoms with Crippen molar-refractivity contribution in [2.45, 2.75) is 6.18 Å². The molecule has 2 aromatic rings. The summed E-state index contributed by atoms with van der Waals surface area (Å²) in [4.78, 5) is 35.5. The molecule has 0 heterocycles. The van der Waals surface area contributed by atoms with Crippen LogP contribution in [0.1, 0.15) is 26.3 Å². The van der Waals surface area contributed by atoms with E-state index in [0.29, 0.717) is 6.07 Å². The smallest absolute Gasteiger partial charge is 0.417 e. The summed E-state index contributed by atoms with van der Waals surface area (Å²) in [6.07, 6.45) is -4.69. The van der Waals surface area contributed by atoms with Gasteiger partial charge in [0.25, 0.3) is 5.91 Å². The zero-order chi connectivity index (χ0) is 22.5. The minimum atomic E-state index is -4.69. The Bertz CT molecular complexity index is 943. The standard InChI is InChI=1S/C19H15ClF3NO6/c1-28-17(26)10-5-11(18(27)29-2)7-13(6-10)30-9-16(25)24-12-3-4-15(20)14(8-12)19(21,22)23/h3-8H,9H2,1-2H3,(H,24,25). The minimum absolute atomic E-state index is 0.0247. The molecule has 30 heavy (non-hydrogen) atoms. The first kappa shape index (κ1) is 23.0. The molecule has 0 aliphatic rings. The topological polar surface area (TPSA) is 90.9 Å². The van der Waals surface area contributed by atoms with Gasteiger partial charge in [-0.05, 0) is 36.4 Å². The second kappa shape index (κ2) is 9.49. The van der Waals surface area contributed by atoms with Crippen LogP contribution in [0.2, 0.25) is 5.02 Å². The predicted octanol–water partition coefficient (Wildman–Crippen LogP) is 3.95. The number of anilines is 1. The largest absolute Gasteiger partial charge is 0.484 e. The van der Waals surface area contributed by atoms with Crippen molar-refractivity contribution >= 4 is 35.1 Å². The Balaban J connectivity index is 2.14. The number of hydrogen-bond donors (Lipinski definition) is 1. The van der Waals surface area contributed by atoms with Crippen molar-refractivity contribution in [1.29, 1.82) is 0 Å². The number of esters is 2. The van der Waals surface area contributed by atoms with Gasteiger partial charge in [0.15, 0.2) is 6.61 Å². The number of nitrogens with one attached hydrogen (secondary N) is 1. The monoisotopic (exact) mass is 445 g/mol. The van der Waals surface area contributed by atoms with Gasteiger partial charge in [-0.25, -0.2) is 9.59 Å². The zero-order valence-electron chi connectivity index (χ0n) is 15.6. The number of benzene rings is 2. The maximum absolute atomic E-state index is 12.9. The quantitative estimate of drug-likeness (QED) is 0.677. The Kier molecular flexibility index (Phi) is 7.28. The molecule has 0 aliphatic carbocycles. The third kappa shape index (κ3) is 5.86. The Morgan fingerprint density at radius 1 is 0.967 bits per heavy atom. The van der Waals surface area contributed by atoms with Gasteiger partial charge in [0.2, 0.25) is 0 Å². The highest BCUT2D eigenvalue weighted by molar-refractivity contribution is 6.31. The van der Waals surface area contributed by atoms with Crippen LogP contribution in [-0.2, 0) is 20.4 Å². The molecule has 2 aromatic carbocycles. The molecule has 0 bridgehead atoms. The van der Waals surface area contributed by atoms with Crippen LogP contribution in [0.5, 0.6) is 5.75 Å². The van der Waals surface area contributed by atoms with E-state index in [1.807, 2.05) is 0 Å². The molecule has 1 N–H and O–H groups in total. The van der Waals surface area contributed by atoms with E-state index >= 15 is 0 Å². The summed E-state index contributed by atoms with van der Waals surface area (Å²) in [6.45, 7) is -0.616. The number of ether oxygens (including phenoxy) is 3. The van der Waals surface area contributed by atoms with Gasteiger partial charge in [-0.3, -0.25) is 4.79 Å². The first-order valence-electron chi connectivity index (χ1n) is 8.16. The van der Waals surface area contributed by atoms with E-state index < -0.39 is 41.2 Å². The van der Waals surface area contributed by atoms with Crippen LogP contribution in [0.25, 0.3) is 0 Å². The lowest BCUT2D eigenvalue weighted by Gasteiger charge is -2.13. The summed E-state index contributed by atoms with van der Waals surface area (Å²) in [5.74, 6) is -2.32. The zero-order valence-corrected chi connectivity index (χ0v) is 16.4. The Morgan fingerprint density at radius 3 is 2.03 bits per heavy atom. The number of carbonyl (C=O) groups excluding carboxylic acids is 3. The van der Waals surface area contributed by atoms with Crippen molar-refractivity contribution in [3.05, 3.63) is 58.1 Å². The summed E-state index contributed by atoms with van der Waals surface area (Å²) in [6, 6.07) is 6.57. The SMILES string of the molecule is COC(=O)c1cc(OCC(=O)Nc2ccc(Cl)c(C(F)(F)F)c2)cc(C(=O)OC)c1. The third-order valence-electron chi connectivity index (χ3n) is 3.67. The number of rotatable bonds is 6. The molecule has 0 radical (unpaired) electrons. The molecule has 1 amide bonds. The fourth-order valence-electron chi connectivity index (χ4n) is 2.32. The van der Waals surface area contributed by atoms with Crippen molar-refractivity contribution < 1.29 is 41.8 Å². The molecule has 0 atom stereocenters. The van der Waals surface area contributed by atoms with E-state index in [4.69, 9.17) is 16.3 Å². The second-order valence-electron chi connectivity index (χ2n) is 5.76. The predicted molar refractivity (Wildman–Crippen MR) is 99.7 cm³/mol. The molecule has 160 valence electrons. The highest BCUT2D eigenvalue weighted by atomic mass is 35.5. The van der Waals surface area contributed by atoms with Gasteiger partial charge in [0.1, 0.15) is 5.75 Å². The summed E-state index contributed by atoms with van der Waals surface area (Å²) >= 11 is 5.53. The first-order valence-corrected chi connectivity index (χ1v) is 8.54. The lowest BCUT2D eigenvalue weighted by molar-refractivity contribution is -0.137. The van der Waals surface area contributed by atoms with Crippen molar-refractivity contribution in [3.8, 4) is 5.75 Å². The van der Waals surface area contributed by atoms with Crippen molar-refractivity contribution in [3.63, 3.8) is 0 Å². The second-order valence-corrected chi connectivity index (χ2v) is 6.17. The minimum Gasteiger partial charge on any atom is -0.484 e. The average molecular weight is 446 g/mol. The lowest BCUT2D eigenvalue weighted by Crippen LogP contribution is -2.21. The van der Waals surface area contributed by atoms with Gasteiger partial charge in [-0.1, -0.05) is 11.6 Å². The summed E-state index contributed by atoms with van der Waals surface area (Å²) < 4.78 is 53.1.